The first-order chi connectivity index (χ1) is 13.4. The largest absolute Gasteiger partial charge is 0.394 e. The smallest absolute Gasteiger partial charge is 0.148 e. The van der Waals surface area contributed by atoms with Gasteiger partial charge < -0.3 is 40.1 Å². The van der Waals surface area contributed by atoms with Gasteiger partial charge in [-0.2, -0.15) is 0 Å². The zero-order chi connectivity index (χ0) is 20.8. The van der Waals surface area contributed by atoms with Gasteiger partial charge in [-0.05, 0) is 11.8 Å². The van der Waals surface area contributed by atoms with Crippen LogP contribution in [-0.4, -0.2) is 92.7 Å². The molecule has 2 heterocycles. The van der Waals surface area contributed by atoms with E-state index in [1.54, 1.807) is 0 Å². The number of aliphatic hydroxyl groups excluding tert-OH is 6. The molecule has 0 aromatic heterocycles. The molecule has 0 aliphatic carbocycles. The molecular weight excluding hydrogens is 368 g/mol. The third kappa shape index (κ3) is 4.49. The lowest BCUT2D eigenvalue weighted by molar-refractivity contribution is -0.177. The Bertz CT molecular complexity index is 741. The molecule has 0 aromatic rings. The minimum Gasteiger partial charge on any atom is -0.394 e. The first-order valence-corrected chi connectivity index (χ1v) is 8.57. The van der Waals surface area contributed by atoms with Gasteiger partial charge in [-0.3, -0.25) is 0 Å². The van der Waals surface area contributed by atoms with Crippen LogP contribution < -0.4 is 0 Å². The van der Waals surface area contributed by atoms with Gasteiger partial charge in [0.1, 0.15) is 24.4 Å². The second-order valence-electron chi connectivity index (χ2n) is 6.44. The molecule has 0 amide bonds. The first kappa shape index (κ1) is 22.2. The van der Waals surface area contributed by atoms with Crippen molar-refractivity contribution in [3.63, 3.8) is 0 Å². The van der Waals surface area contributed by atoms with Crippen LogP contribution in [0.4, 0.5) is 0 Å². The summed E-state index contributed by atoms with van der Waals surface area (Å²) in [4.78, 5) is 0. The summed E-state index contributed by atoms with van der Waals surface area (Å²) in [6, 6.07) is 0. The fourth-order valence-electron chi connectivity index (χ4n) is 3.11. The maximum absolute atomic E-state index is 10.2. The Labute approximate surface area is 163 Å². The van der Waals surface area contributed by atoms with Gasteiger partial charge in [-0.15, -0.1) is 12.8 Å². The van der Waals surface area contributed by atoms with E-state index in [1.165, 1.54) is 0 Å². The van der Waals surface area contributed by atoms with Crippen LogP contribution in [0.5, 0.6) is 0 Å². The number of rotatable bonds is 2. The quantitative estimate of drug-likeness (QED) is 0.267. The van der Waals surface area contributed by atoms with Crippen LogP contribution in [0.15, 0.2) is 0 Å². The predicted molar refractivity (Wildman–Crippen MR) is 95.7 cm³/mol. The van der Waals surface area contributed by atoms with Crippen LogP contribution in [0.2, 0.25) is 0 Å². The molecule has 28 heavy (non-hydrogen) atoms. The summed E-state index contributed by atoms with van der Waals surface area (Å²) >= 11 is 0. The van der Waals surface area contributed by atoms with Gasteiger partial charge in [-0.1, -0.05) is 23.7 Å². The van der Waals surface area contributed by atoms with Crippen LogP contribution in [-0.2, 0) is 9.47 Å². The second-order valence-corrected chi connectivity index (χ2v) is 6.44. The molecule has 10 atom stereocenters. The Balaban J connectivity index is 2.13. The Morgan fingerprint density at radius 2 is 1.14 bits per heavy atom. The lowest BCUT2D eigenvalue weighted by atomic mass is 9.87. The molecule has 8 heteroatoms. The van der Waals surface area contributed by atoms with Crippen LogP contribution in [0.1, 0.15) is 0 Å². The van der Waals surface area contributed by atoms with Gasteiger partial charge >= 0.3 is 0 Å². The summed E-state index contributed by atoms with van der Waals surface area (Å²) in [7, 11) is 0. The summed E-state index contributed by atoms with van der Waals surface area (Å²) in [6.07, 6.45) is 1.04. The van der Waals surface area contributed by atoms with Gasteiger partial charge in [0.25, 0.3) is 0 Å². The molecule has 2 fully saturated rings. The topological polar surface area (TPSA) is 140 Å². The fourth-order valence-corrected chi connectivity index (χ4v) is 3.11. The van der Waals surface area contributed by atoms with Crippen molar-refractivity contribution in [2.24, 2.45) is 11.8 Å². The zero-order valence-corrected chi connectivity index (χ0v) is 14.8. The van der Waals surface area contributed by atoms with E-state index in [0.29, 0.717) is 0 Å². The minimum absolute atomic E-state index is 0.458. The SMILES string of the molecule is C#C[C@H]1[C@H](O)[C@@H](O)[C@H](C#CC#C[C@H]2[C@H](O)[C@@H](O)[C@H](C#C)O[C@@H]2CO)O[C@@H]1CO. The molecule has 2 aliphatic heterocycles. The molecule has 0 bridgehead atoms. The lowest BCUT2D eigenvalue weighted by Crippen LogP contribution is -2.54. The van der Waals surface area contributed by atoms with Gasteiger partial charge in [0.2, 0.25) is 0 Å². The number of hydrogen-bond acceptors (Lipinski definition) is 8. The summed E-state index contributed by atoms with van der Waals surface area (Å²) in [5, 5.41) is 58.9. The molecule has 8 nitrogen and oxygen atoms in total. The maximum Gasteiger partial charge on any atom is 0.148 e. The van der Waals surface area contributed by atoms with E-state index in [4.69, 9.17) is 22.3 Å². The average molecular weight is 390 g/mol. The third-order valence-corrected chi connectivity index (χ3v) is 4.73. The van der Waals surface area contributed by atoms with E-state index in [9.17, 15) is 30.6 Å². The highest BCUT2D eigenvalue weighted by Crippen LogP contribution is 2.26. The first-order valence-electron chi connectivity index (χ1n) is 8.57. The van der Waals surface area contributed by atoms with Crippen LogP contribution >= 0.6 is 0 Å². The van der Waals surface area contributed by atoms with Crippen molar-refractivity contribution in [1.29, 1.82) is 0 Å². The Morgan fingerprint density at radius 1 is 0.643 bits per heavy atom. The highest BCUT2D eigenvalue weighted by atomic mass is 16.5. The number of ether oxygens (including phenoxy) is 2. The summed E-state index contributed by atoms with van der Waals surface area (Å²) in [6.45, 7) is -0.933. The van der Waals surface area contributed by atoms with E-state index in [-0.39, 0.29) is 0 Å². The van der Waals surface area contributed by atoms with Crippen molar-refractivity contribution in [2.45, 2.75) is 48.8 Å². The third-order valence-electron chi connectivity index (χ3n) is 4.73. The minimum atomic E-state index is -1.40. The maximum atomic E-state index is 10.2. The molecule has 0 unspecified atom stereocenters. The van der Waals surface area contributed by atoms with Crippen LogP contribution in [0.25, 0.3) is 0 Å². The molecule has 2 aliphatic rings. The molecule has 0 saturated carbocycles. The van der Waals surface area contributed by atoms with Gasteiger partial charge in [0, 0.05) is 0 Å². The molecule has 0 aromatic carbocycles. The van der Waals surface area contributed by atoms with Crippen LogP contribution in [0.3, 0.4) is 0 Å². The standard InChI is InChI=1S/C20H22O8/c1-3-11-15(9-21)28-14(20(26)17(11)23)8-6-5-7-12-16(10-22)27-13(4-2)19(25)18(12)24/h1-2,11-26H,9-10H2/t11-,12-,13+,14+,15-,16-,17+,18+,19+,20+/m1/s1. The van der Waals surface area contributed by atoms with Crippen molar-refractivity contribution in [3.8, 4) is 48.4 Å². The fraction of sp³-hybridized carbons (Fsp3) is 0.600. The summed E-state index contributed by atoms with van der Waals surface area (Å²) < 4.78 is 10.7. The van der Waals surface area contributed by atoms with Crippen LogP contribution in [0, 0.1) is 60.2 Å². The highest BCUT2D eigenvalue weighted by molar-refractivity contribution is 5.31. The molecule has 0 radical (unpaired) electrons. The number of terminal acetylenes is 2. The lowest BCUT2D eigenvalue weighted by Gasteiger charge is -2.38. The van der Waals surface area contributed by atoms with Crippen molar-refractivity contribution in [2.75, 3.05) is 13.2 Å². The number of hydrogen-bond donors (Lipinski definition) is 6. The Morgan fingerprint density at radius 3 is 1.71 bits per heavy atom. The van der Waals surface area contributed by atoms with E-state index in [1.807, 2.05) is 0 Å². The summed E-state index contributed by atoms with van der Waals surface area (Å²) in [5.74, 6) is 12.6. The van der Waals surface area contributed by atoms with E-state index in [2.05, 4.69) is 35.5 Å². The molecule has 2 rings (SSSR count). The van der Waals surface area contributed by atoms with E-state index < -0.39 is 73.9 Å². The number of aliphatic hydroxyl groups is 6. The molecular formula is C20H22O8. The van der Waals surface area contributed by atoms with E-state index in [0.717, 1.165) is 0 Å². The highest BCUT2D eigenvalue weighted by Gasteiger charge is 2.43. The van der Waals surface area contributed by atoms with Crippen molar-refractivity contribution in [1.82, 2.24) is 0 Å². The zero-order valence-electron chi connectivity index (χ0n) is 14.8. The predicted octanol–water partition coefficient (Wildman–Crippen LogP) is -3.54. The molecule has 0 spiro atoms. The Hall–Kier alpha value is -2.08. The Kier molecular flexibility index (Phi) is 7.87. The second kappa shape index (κ2) is 9.92. The molecule has 150 valence electrons. The van der Waals surface area contributed by atoms with Gasteiger partial charge in [0.15, 0.2) is 0 Å². The van der Waals surface area contributed by atoms with E-state index >= 15 is 0 Å². The molecule has 6 N–H and O–H groups in total. The van der Waals surface area contributed by atoms with Gasteiger partial charge in [-0.25, -0.2) is 0 Å². The van der Waals surface area contributed by atoms with Crippen molar-refractivity contribution < 1.29 is 40.1 Å². The van der Waals surface area contributed by atoms with Gasteiger partial charge in [0.05, 0.1) is 49.5 Å². The normalized spacial score (nSPS) is 42.7. The summed E-state index contributed by atoms with van der Waals surface area (Å²) in [5.41, 5.74) is 0. The van der Waals surface area contributed by atoms with Crippen molar-refractivity contribution >= 4 is 0 Å². The average Bonchev–Trinajstić information content (AvgIpc) is 2.70. The molecule has 2 saturated heterocycles. The monoisotopic (exact) mass is 390 g/mol. The van der Waals surface area contributed by atoms with Crippen molar-refractivity contribution in [3.05, 3.63) is 0 Å².